The van der Waals surface area contributed by atoms with Gasteiger partial charge in [-0.2, -0.15) is 4.98 Å². The van der Waals surface area contributed by atoms with Crippen molar-refractivity contribution in [1.29, 1.82) is 0 Å². The highest BCUT2D eigenvalue weighted by atomic mass is 16.5. The molecule has 0 saturated carbocycles. The van der Waals surface area contributed by atoms with Crippen LogP contribution in [0.1, 0.15) is 48.1 Å². The van der Waals surface area contributed by atoms with Crippen LogP contribution in [0.3, 0.4) is 0 Å². The normalized spacial score (nSPS) is 11.6. The summed E-state index contributed by atoms with van der Waals surface area (Å²) in [6.45, 7) is 8.31. The summed E-state index contributed by atoms with van der Waals surface area (Å²) in [4.78, 5) is 16.7. The van der Waals surface area contributed by atoms with Crippen LogP contribution in [0.25, 0.3) is 23.2 Å². The highest BCUT2D eigenvalue weighted by molar-refractivity contribution is 5.91. The quantitative estimate of drug-likeness (QED) is 0.480. The summed E-state index contributed by atoms with van der Waals surface area (Å²) in [7, 11) is 0. The number of hydrogen-bond donors (Lipinski definition) is 1. The van der Waals surface area contributed by atoms with Gasteiger partial charge in [0.2, 0.25) is 5.91 Å². The van der Waals surface area contributed by atoms with Crippen molar-refractivity contribution in [3.05, 3.63) is 70.9 Å². The molecule has 31 heavy (non-hydrogen) atoms. The smallest absolute Gasteiger partial charge is 0.261 e. The number of pyridine rings is 1. The van der Waals surface area contributed by atoms with Crippen LogP contribution in [0.2, 0.25) is 0 Å². The van der Waals surface area contributed by atoms with Gasteiger partial charge >= 0.3 is 0 Å². The van der Waals surface area contributed by atoms with E-state index in [9.17, 15) is 4.79 Å². The molecule has 4 rings (SSSR count). The number of rotatable bonds is 6. The van der Waals surface area contributed by atoms with Crippen LogP contribution in [-0.2, 0) is 11.3 Å². The summed E-state index contributed by atoms with van der Waals surface area (Å²) in [5.74, 6) is 1.60. The minimum absolute atomic E-state index is 0.164. The van der Waals surface area contributed by atoms with Gasteiger partial charge in [0.05, 0.1) is 12.1 Å². The van der Waals surface area contributed by atoms with Crippen LogP contribution in [0.15, 0.2) is 47.1 Å². The Morgan fingerprint density at radius 1 is 1.23 bits per heavy atom. The maximum absolute atomic E-state index is 12.3. The predicted octanol–water partition coefficient (Wildman–Crippen LogP) is 3.85. The molecule has 158 valence electrons. The summed E-state index contributed by atoms with van der Waals surface area (Å²) in [6, 6.07) is 9.83. The van der Waals surface area contributed by atoms with E-state index < -0.39 is 0 Å². The third-order valence-electron chi connectivity index (χ3n) is 4.95. The number of carbonyl (C=O) groups is 1. The van der Waals surface area contributed by atoms with Crippen molar-refractivity contribution in [1.82, 2.24) is 30.1 Å². The molecule has 0 aliphatic rings. The van der Waals surface area contributed by atoms with Crippen LogP contribution in [0, 0.1) is 13.8 Å². The van der Waals surface area contributed by atoms with Gasteiger partial charge in [0.25, 0.3) is 5.89 Å². The number of hydrogen-bond acceptors (Lipinski definition) is 6. The van der Waals surface area contributed by atoms with Crippen LogP contribution in [0.5, 0.6) is 0 Å². The maximum atomic E-state index is 12.3. The highest BCUT2D eigenvalue weighted by Crippen LogP contribution is 2.24. The molecule has 1 N–H and O–H groups in total. The molecule has 0 unspecified atom stereocenters. The van der Waals surface area contributed by atoms with E-state index >= 15 is 0 Å². The van der Waals surface area contributed by atoms with Crippen LogP contribution in [-0.4, -0.2) is 30.6 Å². The van der Waals surface area contributed by atoms with Gasteiger partial charge in [0.1, 0.15) is 0 Å². The fourth-order valence-corrected chi connectivity index (χ4v) is 3.23. The van der Waals surface area contributed by atoms with Crippen LogP contribution in [0.4, 0.5) is 0 Å². The van der Waals surface area contributed by atoms with Crippen molar-refractivity contribution in [3.63, 3.8) is 0 Å². The van der Waals surface area contributed by atoms with Gasteiger partial charge in [0, 0.05) is 18.2 Å². The molecule has 1 amide bonds. The van der Waals surface area contributed by atoms with Gasteiger partial charge in [-0.1, -0.05) is 42.8 Å². The standard InChI is InChI=1S/C23H24N6O2/c1-14(2)21-25-23(31-28-21)18-6-5-11-29-19(26-27-22(18)29)13-24-20(30)10-9-17-8-7-15(3)12-16(17)4/h5-12,14H,13H2,1-4H3,(H,24,30). The molecule has 0 spiro atoms. The van der Waals surface area contributed by atoms with Gasteiger partial charge in [-0.05, 0) is 43.2 Å². The number of nitrogens with one attached hydrogen (secondary N) is 1. The van der Waals surface area contributed by atoms with E-state index in [-0.39, 0.29) is 18.4 Å². The molecule has 1 aromatic carbocycles. The van der Waals surface area contributed by atoms with E-state index in [1.807, 2.05) is 68.6 Å². The third kappa shape index (κ3) is 4.37. The first-order chi connectivity index (χ1) is 14.9. The van der Waals surface area contributed by atoms with E-state index in [0.29, 0.717) is 28.8 Å². The van der Waals surface area contributed by atoms with Gasteiger partial charge < -0.3 is 9.84 Å². The van der Waals surface area contributed by atoms with Crippen LogP contribution >= 0.6 is 0 Å². The monoisotopic (exact) mass is 416 g/mol. The van der Waals surface area contributed by atoms with E-state index in [2.05, 4.69) is 31.7 Å². The number of nitrogens with zero attached hydrogens (tertiary/aromatic N) is 5. The lowest BCUT2D eigenvalue weighted by atomic mass is 10.1. The molecule has 0 bridgehead atoms. The molecule has 4 aromatic rings. The van der Waals surface area contributed by atoms with Crippen molar-refractivity contribution >= 4 is 17.6 Å². The Balaban J connectivity index is 1.49. The van der Waals surface area contributed by atoms with Crippen molar-refractivity contribution in [3.8, 4) is 11.5 Å². The lowest BCUT2D eigenvalue weighted by Gasteiger charge is -2.03. The Hall–Kier alpha value is -3.81. The third-order valence-corrected chi connectivity index (χ3v) is 4.95. The second-order valence-electron chi connectivity index (χ2n) is 7.76. The van der Waals surface area contributed by atoms with Crippen molar-refractivity contribution < 1.29 is 9.32 Å². The molecule has 3 aromatic heterocycles. The Morgan fingerprint density at radius 2 is 2.06 bits per heavy atom. The summed E-state index contributed by atoms with van der Waals surface area (Å²) in [6.07, 6.45) is 5.18. The van der Waals surface area contributed by atoms with Gasteiger partial charge in [-0.25, -0.2) is 0 Å². The van der Waals surface area contributed by atoms with E-state index in [1.54, 1.807) is 0 Å². The lowest BCUT2D eigenvalue weighted by Crippen LogP contribution is -2.21. The Morgan fingerprint density at radius 3 is 2.81 bits per heavy atom. The van der Waals surface area contributed by atoms with Crippen molar-refractivity contribution in [2.24, 2.45) is 0 Å². The molecule has 0 saturated heterocycles. The van der Waals surface area contributed by atoms with E-state index in [4.69, 9.17) is 4.52 Å². The molecule has 0 radical (unpaired) electrons. The molecular weight excluding hydrogens is 392 g/mol. The molecule has 0 aliphatic heterocycles. The Labute approximate surface area is 180 Å². The molecule has 8 nitrogen and oxygen atoms in total. The molecule has 0 aliphatic carbocycles. The maximum Gasteiger partial charge on any atom is 0.261 e. The lowest BCUT2D eigenvalue weighted by molar-refractivity contribution is -0.116. The van der Waals surface area contributed by atoms with Crippen LogP contribution < -0.4 is 5.32 Å². The average Bonchev–Trinajstić information content (AvgIpc) is 3.39. The average molecular weight is 416 g/mol. The number of aromatic nitrogens is 5. The first kappa shape index (κ1) is 20.5. The van der Waals surface area contributed by atoms with E-state index in [0.717, 1.165) is 11.1 Å². The van der Waals surface area contributed by atoms with Crippen molar-refractivity contribution in [2.45, 2.75) is 40.2 Å². The van der Waals surface area contributed by atoms with Gasteiger partial charge in [0.15, 0.2) is 17.3 Å². The number of fused-ring (bicyclic) bond motifs is 1. The summed E-state index contributed by atoms with van der Waals surface area (Å²) < 4.78 is 7.21. The topological polar surface area (TPSA) is 98.2 Å². The molecule has 8 heteroatoms. The van der Waals surface area contributed by atoms with Gasteiger partial charge in [-0.3, -0.25) is 9.20 Å². The van der Waals surface area contributed by atoms with E-state index in [1.165, 1.54) is 11.6 Å². The largest absolute Gasteiger partial charge is 0.345 e. The number of amides is 1. The first-order valence-electron chi connectivity index (χ1n) is 10.1. The minimum Gasteiger partial charge on any atom is -0.345 e. The molecular formula is C23H24N6O2. The predicted molar refractivity (Wildman–Crippen MR) is 117 cm³/mol. The minimum atomic E-state index is -0.202. The SMILES string of the molecule is Cc1ccc(C=CC(=O)NCc2nnc3c(-c4nc(C(C)C)no4)cccn23)c(C)c1. The zero-order chi connectivity index (χ0) is 22.0. The number of carbonyl (C=O) groups excluding carboxylic acids is 1. The summed E-state index contributed by atoms with van der Waals surface area (Å²) >= 11 is 0. The Bertz CT molecular complexity index is 1270. The summed E-state index contributed by atoms with van der Waals surface area (Å²) in [5, 5.41) is 15.3. The highest BCUT2D eigenvalue weighted by Gasteiger charge is 2.17. The fraction of sp³-hybridized carbons (Fsp3) is 0.261. The zero-order valence-corrected chi connectivity index (χ0v) is 18.0. The van der Waals surface area contributed by atoms with Crippen molar-refractivity contribution in [2.75, 3.05) is 0 Å². The number of aryl methyl sites for hydroxylation is 2. The molecule has 3 heterocycles. The second kappa shape index (κ2) is 8.51. The molecule has 0 fully saturated rings. The first-order valence-corrected chi connectivity index (χ1v) is 10.1. The molecule has 0 atom stereocenters. The number of benzene rings is 1. The van der Waals surface area contributed by atoms with Gasteiger partial charge in [-0.15, -0.1) is 10.2 Å². The second-order valence-corrected chi connectivity index (χ2v) is 7.76. The Kier molecular flexibility index (Phi) is 5.62. The summed E-state index contributed by atoms with van der Waals surface area (Å²) in [5.41, 5.74) is 4.62. The fourth-order valence-electron chi connectivity index (χ4n) is 3.23. The zero-order valence-electron chi connectivity index (χ0n) is 18.0.